The molecule has 5 rings (SSSR count). The summed E-state index contributed by atoms with van der Waals surface area (Å²) in [7, 11) is -3.66. The van der Waals surface area contributed by atoms with Gasteiger partial charge in [0, 0.05) is 34.6 Å². The van der Waals surface area contributed by atoms with Crippen molar-refractivity contribution < 1.29 is 13.2 Å². The molecule has 2 aliphatic rings. The molecule has 0 bridgehead atoms. The van der Waals surface area contributed by atoms with Crippen LogP contribution in [0.3, 0.4) is 0 Å². The molecule has 1 atom stereocenters. The van der Waals surface area contributed by atoms with Crippen LogP contribution in [0.25, 0.3) is 11.3 Å². The molecule has 0 saturated carbocycles. The van der Waals surface area contributed by atoms with Crippen LogP contribution in [0.5, 0.6) is 0 Å². The van der Waals surface area contributed by atoms with Crippen LogP contribution in [0.1, 0.15) is 28.3 Å². The average Bonchev–Trinajstić information content (AvgIpc) is 3.53. The van der Waals surface area contributed by atoms with Crippen molar-refractivity contribution in [2.45, 2.75) is 43.4 Å². The van der Waals surface area contributed by atoms with Gasteiger partial charge in [0.1, 0.15) is 10.3 Å². The minimum absolute atomic E-state index is 0.120. The van der Waals surface area contributed by atoms with Crippen molar-refractivity contribution in [3.05, 3.63) is 51.2 Å². The van der Waals surface area contributed by atoms with Crippen LogP contribution in [0, 0.1) is 13.8 Å². The maximum atomic E-state index is 13.5. The number of sulfonamides is 1. The van der Waals surface area contributed by atoms with E-state index in [1.807, 2.05) is 37.4 Å². The summed E-state index contributed by atoms with van der Waals surface area (Å²) in [5.74, 6) is -0.120. The zero-order valence-electron chi connectivity index (χ0n) is 17.4. The Hall–Kier alpha value is -2.07. The van der Waals surface area contributed by atoms with Crippen molar-refractivity contribution in [1.29, 1.82) is 0 Å². The Bertz CT molecular complexity index is 1260. The maximum Gasteiger partial charge on any atom is 0.253 e. The van der Waals surface area contributed by atoms with Crippen molar-refractivity contribution in [2.24, 2.45) is 0 Å². The first-order valence-corrected chi connectivity index (χ1v) is 13.4. The molecule has 162 valence electrons. The van der Waals surface area contributed by atoms with Crippen LogP contribution in [0.2, 0.25) is 0 Å². The van der Waals surface area contributed by atoms with Gasteiger partial charge in [-0.3, -0.25) is 4.79 Å². The molecule has 1 saturated heterocycles. The predicted octanol–water partition coefficient (Wildman–Crippen LogP) is 4.23. The number of aryl methyl sites for hydroxylation is 2. The number of hydrogen-bond acceptors (Lipinski definition) is 6. The van der Waals surface area contributed by atoms with Gasteiger partial charge in [0.05, 0.1) is 10.7 Å². The van der Waals surface area contributed by atoms with Gasteiger partial charge in [-0.25, -0.2) is 13.4 Å². The Morgan fingerprint density at radius 2 is 2.00 bits per heavy atom. The molecule has 3 aromatic rings. The fourth-order valence-corrected chi connectivity index (χ4v) is 8.09. The van der Waals surface area contributed by atoms with Crippen LogP contribution in [0.4, 0.5) is 5.69 Å². The molecule has 0 spiro atoms. The van der Waals surface area contributed by atoms with E-state index in [0.29, 0.717) is 30.1 Å². The van der Waals surface area contributed by atoms with Gasteiger partial charge < -0.3 is 4.90 Å². The number of benzene rings is 1. The molecule has 2 aromatic heterocycles. The molecular weight excluding hydrogens is 450 g/mol. The normalized spacial score (nSPS) is 19.2. The third-order valence-corrected chi connectivity index (χ3v) is 10.1. The minimum atomic E-state index is -3.66. The molecule has 31 heavy (non-hydrogen) atoms. The second-order valence-electron chi connectivity index (χ2n) is 7.97. The zero-order valence-corrected chi connectivity index (χ0v) is 19.8. The van der Waals surface area contributed by atoms with E-state index in [2.05, 4.69) is 11.1 Å². The van der Waals surface area contributed by atoms with Crippen molar-refractivity contribution in [3.63, 3.8) is 0 Å². The third kappa shape index (κ3) is 3.63. The second kappa shape index (κ2) is 7.81. The van der Waals surface area contributed by atoms with E-state index in [9.17, 15) is 13.2 Å². The molecule has 1 amide bonds. The molecule has 0 unspecified atom stereocenters. The summed E-state index contributed by atoms with van der Waals surface area (Å²) >= 11 is 2.88. The number of thiazole rings is 1. The summed E-state index contributed by atoms with van der Waals surface area (Å²) in [6.45, 7) is 4.84. The summed E-state index contributed by atoms with van der Waals surface area (Å²) in [6, 6.07) is 8.88. The first-order chi connectivity index (χ1) is 14.8. The molecule has 6 nitrogen and oxygen atoms in total. The molecule has 0 aliphatic carbocycles. The van der Waals surface area contributed by atoms with Gasteiger partial charge in [0.15, 0.2) is 0 Å². The van der Waals surface area contributed by atoms with Gasteiger partial charge in [0.25, 0.3) is 10.0 Å². The van der Waals surface area contributed by atoms with Crippen molar-refractivity contribution in [3.8, 4) is 11.3 Å². The monoisotopic (exact) mass is 473 g/mol. The molecule has 9 heteroatoms. The fourth-order valence-electron chi connectivity index (χ4n) is 4.41. The number of carbonyl (C=O) groups is 1. The van der Waals surface area contributed by atoms with E-state index < -0.39 is 16.1 Å². The summed E-state index contributed by atoms with van der Waals surface area (Å²) in [5, 5.41) is 3.07. The Kier molecular flexibility index (Phi) is 5.24. The smallest absolute Gasteiger partial charge is 0.253 e. The summed E-state index contributed by atoms with van der Waals surface area (Å²) in [5.41, 5.74) is 4.00. The molecular formula is C22H23N3O3S3. The minimum Gasteiger partial charge on any atom is -0.310 e. The van der Waals surface area contributed by atoms with Crippen LogP contribution < -0.4 is 4.90 Å². The van der Waals surface area contributed by atoms with Gasteiger partial charge in [-0.15, -0.1) is 22.7 Å². The number of anilines is 1. The first-order valence-electron chi connectivity index (χ1n) is 10.3. The lowest BCUT2D eigenvalue weighted by molar-refractivity contribution is -0.121. The van der Waals surface area contributed by atoms with E-state index in [0.717, 1.165) is 38.8 Å². The summed E-state index contributed by atoms with van der Waals surface area (Å²) < 4.78 is 28.1. The molecule has 4 heterocycles. The van der Waals surface area contributed by atoms with E-state index >= 15 is 0 Å². The van der Waals surface area contributed by atoms with Crippen molar-refractivity contribution in [2.75, 3.05) is 18.0 Å². The number of rotatable bonds is 4. The number of thiophene rings is 1. The highest BCUT2D eigenvalue weighted by Crippen LogP contribution is 2.36. The number of amides is 1. The largest absolute Gasteiger partial charge is 0.310 e. The second-order valence-corrected chi connectivity index (χ2v) is 12.4. The SMILES string of the molecule is Cc1ccc(S(=O)(=O)N2CCC[C@@H]2C(=O)N2CCc3cc(-c4csc(C)n4)ccc32)s1. The Balaban J connectivity index is 1.41. The standard InChI is InChI=1S/C22H23N3O3S3/c1-14-5-8-21(30-14)31(27,28)25-10-3-4-20(25)22(26)24-11-9-17-12-16(6-7-19(17)24)18-13-29-15(2)23-18/h5-8,12-13,20H,3-4,9-11H2,1-2H3/t20-/m1/s1. The van der Waals surface area contributed by atoms with Gasteiger partial charge in [-0.05, 0) is 62.9 Å². The van der Waals surface area contributed by atoms with Gasteiger partial charge in [-0.2, -0.15) is 4.31 Å². The van der Waals surface area contributed by atoms with E-state index in [4.69, 9.17) is 0 Å². The van der Waals surface area contributed by atoms with Gasteiger partial charge in [-0.1, -0.05) is 6.07 Å². The Labute approximate surface area is 190 Å². The lowest BCUT2D eigenvalue weighted by Crippen LogP contribution is -2.47. The highest BCUT2D eigenvalue weighted by Gasteiger charge is 2.43. The molecule has 0 N–H and O–H groups in total. The van der Waals surface area contributed by atoms with Crippen molar-refractivity contribution >= 4 is 44.3 Å². The molecule has 0 radical (unpaired) electrons. The molecule has 1 aromatic carbocycles. The Morgan fingerprint density at radius 1 is 1.16 bits per heavy atom. The number of hydrogen-bond donors (Lipinski definition) is 0. The third-order valence-electron chi connectivity index (χ3n) is 5.92. The average molecular weight is 474 g/mol. The first kappa shape index (κ1) is 20.8. The lowest BCUT2D eigenvalue weighted by atomic mass is 10.1. The Morgan fingerprint density at radius 3 is 2.71 bits per heavy atom. The fraction of sp³-hybridized carbons (Fsp3) is 0.364. The van der Waals surface area contributed by atoms with Crippen LogP contribution in [0.15, 0.2) is 39.9 Å². The van der Waals surface area contributed by atoms with Crippen LogP contribution in [-0.4, -0.2) is 42.7 Å². The highest BCUT2D eigenvalue weighted by atomic mass is 32.2. The number of fused-ring (bicyclic) bond motifs is 1. The highest BCUT2D eigenvalue weighted by molar-refractivity contribution is 7.91. The molecule has 1 fully saturated rings. The summed E-state index contributed by atoms with van der Waals surface area (Å²) in [4.78, 5) is 20.7. The van der Waals surface area contributed by atoms with E-state index in [1.165, 1.54) is 15.6 Å². The summed E-state index contributed by atoms with van der Waals surface area (Å²) in [6.07, 6.45) is 2.02. The maximum absolute atomic E-state index is 13.5. The molecule has 2 aliphatic heterocycles. The quantitative estimate of drug-likeness (QED) is 0.569. The number of nitrogens with zero attached hydrogens (tertiary/aromatic N) is 3. The van der Waals surface area contributed by atoms with Crippen LogP contribution in [-0.2, 0) is 21.2 Å². The lowest BCUT2D eigenvalue weighted by Gasteiger charge is -2.27. The topological polar surface area (TPSA) is 70.6 Å². The van der Waals surface area contributed by atoms with E-state index in [1.54, 1.807) is 22.3 Å². The zero-order chi connectivity index (χ0) is 21.8. The van der Waals surface area contributed by atoms with Crippen molar-refractivity contribution in [1.82, 2.24) is 9.29 Å². The van der Waals surface area contributed by atoms with Gasteiger partial charge in [0.2, 0.25) is 5.91 Å². The number of carbonyl (C=O) groups excluding carboxylic acids is 1. The number of aromatic nitrogens is 1. The van der Waals surface area contributed by atoms with E-state index in [-0.39, 0.29) is 5.91 Å². The van der Waals surface area contributed by atoms with Gasteiger partial charge >= 0.3 is 0 Å². The predicted molar refractivity (Wildman–Crippen MR) is 124 cm³/mol. The van der Waals surface area contributed by atoms with Crippen LogP contribution >= 0.6 is 22.7 Å².